The Bertz CT molecular complexity index is 983. The fraction of sp³-hybridized carbons (Fsp3) is 1.00. The summed E-state index contributed by atoms with van der Waals surface area (Å²) in [4.78, 5) is 0. The number of hydrogen-bond acceptors (Lipinski definition) is 10. The van der Waals surface area contributed by atoms with Gasteiger partial charge in [0.1, 0.15) is 0 Å². The molecular weight excluding hydrogens is 456 g/mol. The smallest absolute Gasteiger partial charge is 0.265 e. The van der Waals surface area contributed by atoms with E-state index >= 15 is 0 Å². The first-order valence-corrected chi connectivity index (χ1v) is 16.0. The zero-order valence-electron chi connectivity index (χ0n) is 13.9. The predicted molar refractivity (Wildman–Crippen MR) is 96.7 cm³/mol. The molecule has 0 saturated heterocycles. The van der Waals surface area contributed by atoms with Crippen molar-refractivity contribution in [2.24, 2.45) is 0 Å². The molecule has 16 heteroatoms. The van der Waals surface area contributed by atoms with Crippen molar-refractivity contribution in [1.82, 2.24) is 0 Å². The van der Waals surface area contributed by atoms with E-state index in [1.807, 2.05) is 0 Å². The molecule has 0 aromatic carbocycles. The van der Waals surface area contributed by atoms with Crippen molar-refractivity contribution in [1.29, 1.82) is 0 Å². The van der Waals surface area contributed by atoms with Crippen molar-refractivity contribution < 1.29 is 46.6 Å². The van der Waals surface area contributed by atoms with Crippen molar-refractivity contribution in [3.8, 4) is 0 Å². The minimum absolute atomic E-state index is 0.248. The molecule has 158 valence electrons. The van der Waals surface area contributed by atoms with E-state index in [1.165, 1.54) is 6.92 Å². The van der Waals surface area contributed by atoms with E-state index < -0.39 is 95.5 Å². The van der Waals surface area contributed by atoms with Crippen LogP contribution >= 0.6 is 0 Å². The second-order valence-electron chi connectivity index (χ2n) is 5.48. The van der Waals surface area contributed by atoms with E-state index in [9.17, 15) is 42.1 Å². The van der Waals surface area contributed by atoms with Crippen LogP contribution in [-0.2, 0) is 49.5 Å². The molecule has 11 nitrogen and oxygen atoms in total. The number of rotatable bonds is 13. The zero-order valence-corrected chi connectivity index (χ0v) is 18.0. The summed E-state index contributed by atoms with van der Waals surface area (Å²) in [5.41, 5.74) is 0. The van der Waals surface area contributed by atoms with Crippen molar-refractivity contribution >= 4 is 49.5 Å². The van der Waals surface area contributed by atoms with Crippen molar-refractivity contribution in [3.63, 3.8) is 0 Å². The van der Waals surface area contributed by atoms with Crippen LogP contribution in [0.4, 0.5) is 0 Å². The second kappa shape index (κ2) is 9.27. The summed E-state index contributed by atoms with van der Waals surface area (Å²) in [6, 6.07) is 0. The maximum Gasteiger partial charge on any atom is 0.265 e. The Morgan fingerprint density at radius 1 is 0.462 bits per heavy atom. The van der Waals surface area contributed by atoms with E-state index in [0.717, 1.165) is 0 Å². The molecular formula is C10H22O11S5. The largest absolute Gasteiger partial charge is 0.286 e. The Kier molecular flexibility index (Phi) is 9.17. The summed E-state index contributed by atoms with van der Waals surface area (Å²) >= 11 is 0. The first kappa shape index (κ1) is 25.7. The topological polar surface area (TPSA) is 191 Å². The third-order valence-corrected chi connectivity index (χ3v) is 11.6. The summed E-state index contributed by atoms with van der Waals surface area (Å²) in [5.74, 6) is -7.21. The molecule has 0 aliphatic carbocycles. The molecule has 0 aliphatic rings. The van der Waals surface area contributed by atoms with Gasteiger partial charge in [0.2, 0.25) is 0 Å². The van der Waals surface area contributed by atoms with Gasteiger partial charge in [-0.05, 0) is 0 Å². The normalized spacial score (nSPS) is 14.4. The van der Waals surface area contributed by atoms with Crippen LogP contribution in [0.3, 0.4) is 0 Å². The fourth-order valence-electron chi connectivity index (χ4n) is 1.44. The van der Waals surface area contributed by atoms with Crippen LogP contribution < -0.4 is 0 Å². The summed E-state index contributed by atoms with van der Waals surface area (Å²) < 4.78 is 122. The lowest BCUT2D eigenvalue weighted by atomic mass is 10.9. The van der Waals surface area contributed by atoms with Crippen LogP contribution in [0.2, 0.25) is 0 Å². The highest BCUT2D eigenvalue weighted by Gasteiger charge is 2.23. The van der Waals surface area contributed by atoms with E-state index in [-0.39, 0.29) is 5.75 Å². The van der Waals surface area contributed by atoms with Crippen molar-refractivity contribution in [3.05, 3.63) is 0 Å². The van der Waals surface area contributed by atoms with Gasteiger partial charge in [0.25, 0.3) is 10.1 Å². The van der Waals surface area contributed by atoms with Crippen LogP contribution in [0.5, 0.6) is 0 Å². The lowest BCUT2D eigenvalue weighted by Crippen LogP contribution is -2.28. The molecule has 0 aromatic rings. The molecule has 26 heavy (non-hydrogen) atoms. The first-order valence-electron chi connectivity index (χ1n) is 7.15. The molecule has 0 amide bonds. The van der Waals surface area contributed by atoms with E-state index in [4.69, 9.17) is 4.55 Å². The van der Waals surface area contributed by atoms with Gasteiger partial charge in [-0.2, -0.15) is 8.42 Å². The zero-order chi connectivity index (χ0) is 20.9. The third kappa shape index (κ3) is 13.0. The number of hydrogen-bond donors (Lipinski definition) is 1. The highest BCUT2D eigenvalue weighted by Crippen LogP contribution is 2.02. The highest BCUT2D eigenvalue weighted by atomic mass is 32.2. The van der Waals surface area contributed by atoms with Gasteiger partial charge in [-0.3, -0.25) is 4.55 Å². The lowest BCUT2D eigenvalue weighted by Gasteiger charge is -2.07. The molecule has 0 aliphatic heterocycles. The minimum Gasteiger partial charge on any atom is -0.286 e. The molecule has 0 fully saturated rings. The summed E-state index contributed by atoms with van der Waals surface area (Å²) in [6.45, 7) is 1.34. The standard InChI is InChI=1S/C10H22O11S5/c1-2-22(11,12)3-4-23(13,14)5-6-24(15,16)7-8-25(17,18)9-10-26(19,20)21/h2-10H2,1H3,(H,19,20,21). The van der Waals surface area contributed by atoms with E-state index in [1.54, 1.807) is 0 Å². The molecule has 0 heterocycles. The second-order valence-corrected chi connectivity index (χ2v) is 16.4. The fourth-order valence-corrected chi connectivity index (χ4v) is 10.3. The molecule has 0 bridgehead atoms. The van der Waals surface area contributed by atoms with Gasteiger partial charge in [-0.25, -0.2) is 33.7 Å². The molecule has 0 rings (SSSR count). The van der Waals surface area contributed by atoms with Gasteiger partial charge < -0.3 is 0 Å². The Balaban J connectivity index is 4.67. The SMILES string of the molecule is CCS(=O)(=O)CCS(=O)(=O)CCS(=O)(=O)CCS(=O)(=O)CCS(=O)(=O)O. The van der Waals surface area contributed by atoms with Gasteiger partial charge in [-0.15, -0.1) is 0 Å². The Morgan fingerprint density at radius 2 is 0.692 bits per heavy atom. The average molecular weight is 479 g/mol. The molecule has 0 radical (unpaired) electrons. The maximum absolute atomic E-state index is 11.8. The quantitative estimate of drug-likeness (QED) is 0.276. The Labute approximate surface area is 154 Å². The molecule has 0 saturated carbocycles. The molecule has 1 N–H and O–H groups in total. The molecule has 0 atom stereocenters. The molecule has 0 unspecified atom stereocenters. The minimum atomic E-state index is -4.52. The van der Waals surface area contributed by atoms with Crippen LogP contribution in [0.15, 0.2) is 0 Å². The van der Waals surface area contributed by atoms with Crippen molar-refractivity contribution in [2.75, 3.05) is 51.8 Å². The summed E-state index contributed by atoms with van der Waals surface area (Å²) in [6.07, 6.45) is 0. The Hall–Kier alpha value is -0.290. The maximum atomic E-state index is 11.8. The first-order chi connectivity index (χ1) is 11.4. The van der Waals surface area contributed by atoms with Gasteiger partial charge in [0, 0.05) is 5.75 Å². The average Bonchev–Trinajstić information content (AvgIpc) is 2.48. The van der Waals surface area contributed by atoms with Gasteiger partial charge >= 0.3 is 0 Å². The van der Waals surface area contributed by atoms with Crippen LogP contribution in [0, 0.1) is 0 Å². The van der Waals surface area contributed by atoms with Crippen LogP contribution in [-0.4, -0.2) is 98.4 Å². The van der Waals surface area contributed by atoms with Gasteiger partial charge in [0.05, 0.1) is 46.0 Å². The summed E-state index contributed by atoms with van der Waals surface area (Å²) in [5, 5.41) is 0. The molecule has 0 aromatic heterocycles. The predicted octanol–water partition coefficient (Wildman–Crippen LogP) is -2.45. The van der Waals surface area contributed by atoms with Gasteiger partial charge in [-0.1, -0.05) is 6.92 Å². The lowest BCUT2D eigenvalue weighted by molar-refractivity contribution is 0.484. The van der Waals surface area contributed by atoms with Crippen LogP contribution in [0.1, 0.15) is 6.92 Å². The highest BCUT2D eigenvalue weighted by molar-refractivity contribution is 7.97. The molecule has 0 spiro atoms. The monoisotopic (exact) mass is 478 g/mol. The third-order valence-electron chi connectivity index (χ3n) is 3.21. The van der Waals surface area contributed by atoms with E-state index in [0.29, 0.717) is 0 Å². The van der Waals surface area contributed by atoms with Crippen LogP contribution in [0.25, 0.3) is 0 Å². The summed E-state index contributed by atoms with van der Waals surface area (Å²) in [7, 11) is -20.2. The van der Waals surface area contributed by atoms with Gasteiger partial charge in [0.15, 0.2) is 39.3 Å². The number of sulfone groups is 4. The van der Waals surface area contributed by atoms with E-state index in [2.05, 4.69) is 0 Å². The van der Waals surface area contributed by atoms with Crippen molar-refractivity contribution in [2.45, 2.75) is 6.92 Å². The Morgan fingerprint density at radius 3 is 0.923 bits per heavy atom.